The van der Waals surface area contributed by atoms with E-state index in [1.54, 1.807) is 60.7 Å². The number of ether oxygens (including phenoxy) is 3. The van der Waals surface area contributed by atoms with E-state index in [1.165, 1.54) is 13.8 Å². The molecule has 2 unspecified atom stereocenters. The smallest absolute Gasteiger partial charge is 0.306 e. The number of halogens is 4. The van der Waals surface area contributed by atoms with Crippen LogP contribution in [0.15, 0.2) is 94.0 Å². The third kappa shape index (κ3) is 16.0. The van der Waals surface area contributed by atoms with Crippen LogP contribution in [0.1, 0.15) is 146 Å². The van der Waals surface area contributed by atoms with Crippen molar-refractivity contribution >= 4 is 102 Å². The van der Waals surface area contributed by atoms with Gasteiger partial charge in [0.1, 0.15) is 29.0 Å². The molecule has 4 aliphatic carbocycles. The SMILES string of the molecule is CC(CCS(=O)(=O)NC(=O)c1ccc(N2C[C@@H]3C[C@H]2C[C@H]3OCc2c(-c3c(Cl)cccc3Cl)noc2C2CC2)cc1)OC(=O)CCC(=O)O.CC(O)CCS(=O)(=O)NC(=O)c1ccc(N2C[C@@H]3C[C@H]2C[C@H]3OCc2c(-c3c(Cl)cccc3Cl)noc2C2CC2)cc1. The van der Waals surface area contributed by atoms with E-state index in [0.29, 0.717) is 85.5 Å². The van der Waals surface area contributed by atoms with E-state index < -0.39 is 61.8 Å². The van der Waals surface area contributed by atoms with Crippen LogP contribution in [0.2, 0.25) is 20.1 Å². The fraction of sp³-hybridized carbons (Fsp3) is 0.469. The number of hydrogen-bond donors (Lipinski definition) is 4. The number of sulfonamides is 2. The van der Waals surface area contributed by atoms with E-state index in [1.807, 2.05) is 24.3 Å². The van der Waals surface area contributed by atoms with E-state index in [0.717, 1.165) is 98.5 Å². The van der Waals surface area contributed by atoms with Crippen molar-refractivity contribution in [3.63, 3.8) is 0 Å². The van der Waals surface area contributed by atoms with Crippen LogP contribution in [-0.4, -0.2) is 122 Å². The highest BCUT2D eigenvalue weighted by molar-refractivity contribution is 7.90. The highest BCUT2D eigenvalue weighted by Crippen LogP contribution is 2.50. The van der Waals surface area contributed by atoms with Gasteiger partial charge in [0.15, 0.2) is 0 Å². The molecule has 2 aromatic heterocycles. The Balaban J connectivity index is 0.000000189. The first kappa shape index (κ1) is 66.2. The molecule has 4 saturated carbocycles. The van der Waals surface area contributed by atoms with Crippen LogP contribution in [0.4, 0.5) is 11.4 Å². The van der Waals surface area contributed by atoms with Gasteiger partial charge in [-0.1, -0.05) is 68.8 Å². The fourth-order valence-corrected chi connectivity index (χ4v) is 16.1. The van der Waals surface area contributed by atoms with E-state index in [2.05, 4.69) is 29.6 Å². The number of aliphatic hydroxyl groups excluding tert-OH is 1. The topological polar surface area (TPSA) is 287 Å². The Morgan fingerprint density at radius 1 is 0.604 bits per heavy atom. The second kappa shape index (κ2) is 28.1. The van der Waals surface area contributed by atoms with Crippen LogP contribution in [-0.2, 0) is 57.1 Å². The van der Waals surface area contributed by atoms with Gasteiger partial charge >= 0.3 is 11.9 Å². The summed E-state index contributed by atoms with van der Waals surface area (Å²) in [5.41, 5.74) is 6.81. The summed E-state index contributed by atoms with van der Waals surface area (Å²) < 4.78 is 83.1. The predicted octanol–water partition coefficient (Wildman–Crippen LogP) is 11.5. The van der Waals surface area contributed by atoms with Crippen molar-refractivity contribution in [2.24, 2.45) is 11.8 Å². The summed E-state index contributed by atoms with van der Waals surface area (Å²) in [6.07, 6.45) is 5.89. The zero-order valence-electron chi connectivity index (χ0n) is 49.9. The number of carboxylic acids is 1. The predicted molar refractivity (Wildman–Crippen MR) is 341 cm³/mol. The average molecular weight is 1370 g/mol. The maximum atomic E-state index is 12.7. The van der Waals surface area contributed by atoms with Gasteiger partial charge in [-0.2, -0.15) is 0 Å². The van der Waals surface area contributed by atoms with Crippen LogP contribution < -0.4 is 19.2 Å². The van der Waals surface area contributed by atoms with Crippen molar-refractivity contribution in [1.82, 2.24) is 19.8 Å². The van der Waals surface area contributed by atoms with E-state index in [4.69, 9.17) is 74.8 Å². The lowest BCUT2D eigenvalue weighted by Gasteiger charge is -2.33. The number of amides is 2. The third-order valence-corrected chi connectivity index (χ3v) is 21.5. The van der Waals surface area contributed by atoms with E-state index in [9.17, 15) is 41.1 Å². The summed E-state index contributed by atoms with van der Waals surface area (Å²) in [6, 6.07) is 25.1. The maximum absolute atomic E-state index is 12.7. The highest BCUT2D eigenvalue weighted by atomic mass is 35.5. The van der Waals surface area contributed by atoms with Gasteiger partial charge < -0.3 is 43.3 Å². The number of rotatable bonds is 26. The molecule has 2 saturated heterocycles. The van der Waals surface area contributed by atoms with Crippen LogP contribution in [0, 0.1) is 11.8 Å². The van der Waals surface area contributed by atoms with Crippen molar-refractivity contribution in [2.75, 3.05) is 34.4 Å². The number of carbonyl (C=O) groups excluding carboxylic acids is 3. The number of aliphatic carboxylic acids is 1. The minimum Gasteiger partial charge on any atom is -0.481 e. The Kier molecular flexibility index (Phi) is 20.5. The summed E-state index contributed by atoms with van der Waals surface area (Å²) in [5, 5.41) is 28.8. The lowest BCUT2D eigenvalue weighted by atomic mass is 10.0. The van der Waals surface area contributed by atoms with Gasteiger partial charge in [-0.05, 0) is 151 Å². The first-order valence-corrected chi connectivity index (χ1v) is 35.3. The maximum Gasteiger partial charge on any atom is 0.306 e. The molecule has 12 rings (SSSR count). The number of anilines is 2. The lowest BCUT2D eigenvalue weighted by molar-refractivity contribution is -0.151. The molecule has 21 nitrogen and oxygen atoms in total. The van der Waals surface area contributed by atoms with Gasteiger partial charge in [-0.3, -0.25) is 19.2 Å². The third-order valence-electron chi connectivity index (χ3n) is 17.7. The minimum absolute atomic E-state index is 0.0554. The molecule has 4 bridgehead atoms. The van der Waals surface area contributed by atoms with Crippen molar-refractivity contribution in [3.05, 3.63) is 139 Å². The van der Waals surface area contributed by atoms with Gasteiger partial charge in [0.2, 0.25) is 20.0 Å². The van der Waals surface area contributed by atoms with Gasteiger partial charge in [0, 0.05) is 93.6 Å². The number of benzene rings is 4. The summed E-state index contributed by atoms with van der Waals surface area (Å²) in [4.78, 5) is 52.1. The number of carboxylic acid groups (broad SMARTS) is 1. The largest absolute Gasteiger partial charge is 0.481 e. The van der Waals surface area contributed by atoms with Crippen molar-refractivity contribution in [1.29, 1.82) is 0 Å². The number of hydrogen-bond acceptors (Lipinski definition) is 18. The van der Waals surface area contributed by atoms with Crippen LogP contribution >= 0.6 is 46.4 Å². The number of esters is 1. The van der Waals surface area contributed by atoms with Crippen LogP contribution in [0.5, 0.6) is 0 Å². The summed E-state index contributed by atoms with van der Waals surface area (Å²) >= 11 is 26.0. The summed E-state index contributed by atoms with van der Waals surface area (Å²) in [6.45, 7) is 5.36. The van der Waals surface area contributed by atoms with Crippen LogP contribution in [0.3, 0.4) is 0 Å². The van der Waals surface area contributed by atoms with Crippen LogP contribution in [0.25, 0.3) is 22.5 Å². The number of aliphatic hydroxyl groups is 1. The number of fused-ring (bicyclic) bond motifs is 4. The van der Waals surface area contributed by atoms with Gasteiger partial charge in [0.25, 0.3) is 11.8 Å². The molecule has 6 aliphatic rings. The normalized spacial score (nSPS) is 21.5. The second-order valence-electron chi connectivity index (χ2n) is 24.5. The highest BCUT2D eigenvalue weighted by Gasteiger charge is 2.47. The molecule has 27 heteroatoms. The Labute approximate surface area is 547 Å². The molecule has 4 N–H and O–H groups in total. The Morgan fingerprint density at radius 3 is 1.37 bits per heavy atom. The number of carbonyl (C=O) groups is 4. The molecule has 486 valence electrons. The molecule has 6 aromatic rings. The Bertz CT molecular complexity index is 3860. The molecule has 2 aliphatic heterocycles. The quantitative estimate of drug-likeness (QED) is 0.0367. The first-order valence-electron chi connectivity index (χ1n) is 30.5. The Hall–Kier alpha value is -6.28. The number of nitrogens with one attached hydrogen (secondary N) is 2. The zero-order chi connectivity index (χ0) is 64.5. The first-order chi connectivity index (χ1) is 43.5. The summed E-state index contributed by atoms with van der Waals surface area (Å²) in [5.74, 6) is -0.991. The average Bonchev–Trinajstić information content (AvgIpc) is 1.73. The zero-order valence-corrected chi connectivity index (χ0v) is 54.6. The lowest BCUT2D eigenvalue weighted by Crippen LogP contribution is -2.38. The standard InChI is InChI=1S/C34H37Cl2N3O9S.C30H33Cl2N3O6S/c1-19(47-30(42)12-11-29(40)41)13-14-49(44,45)38-34(43)21-7-9-23(10-8-21)39-17-22-15-24(39)16-28(22)46-18-25-32(37-48-33(25)20-5-6-20)31-26(35)3-2-4-27(31)36;1-17(36)11-12-42(38,39)34-30(37)19-7-9-21(10-8-19)35-15-20-13-22(35)14-26(20)40-16-23-28(33-41-29(23)18-5-6-18)27-24(31)3-2-4-25(27)32/h2-4,7-10,19-20,22,24,28H,5-6,11-18H2,1H3,(H,38,43)(H,40,41);2-4,7-10,17-18,20,22,26,36H,5-6,11-16H2,1H3,(H,34,37)/t19?,22-,24-,28+;17?,20-,22-,26+/m00/s1. The van der Waals surface area contributed by atoms with E-state index >= 15 is 0 Å². The number of nitrogens with zero attached hydrogens (tertiary/aromatic N) is 4. The fourth-order valence-electron chi connectivity index (χ4n) is 12.6. The number of aromatic nitrogens is 2. The molecule has 91 heavy (non-hydrogen) atoms. The molecule has 0 spiro atoms. The van der Waals surface area contributed by atoms with Crippen molar-refractivity contribution in [3.8, 4) is 22.5 Å². The molecule has 4 aromatic carbocycles. The molecular weight excluding hydrogens is 1300 g/mol. The monoisotopic (exact) mass is 1370 g/mol. The van der Waals surface area contributed by atoms with Crippen molar-refractivity contribution < 1.29 is 69.5 Å². The molecule has 4 heterocycles. The Morgan fingerprint density at radius 2 is 1.01 bits per heavy atom. The van der Waals surface area contributed by atoms with Gasteiger partial charge in [-0.15, -0.1) is 0 Å². The molecule has 0 radical (unpaired) electrons. The minimum atomic E-state index is -4.01. The van der Waals surface area contributed by atoms with E-state index in [-0.39, 0.29) is 60.8 Å². The van der Waals surface area contributed by atoms with Gasteiger partial charge in [-0.25, -0.2) is 26.3 Å². The molecule has 6 fully saturated rings. The molecule has 2 amide bonds. The van der Waals surface area contributed by atoms with Crippen molar-refractivity contribution in [2.45, 2.75) is 152 Å². The number of piperidine rings is 2. The summed E-state index contributed by atoms with van der Waals surface area (Å²) in [7, 11) is -7.82. The molecular formula is C64H70Cl4N6O15S2. The second-order valence-corrected chi connectivity index (χ2v) is 29.8. The molecule has 8 atom stereocenters. The van der Waals surface area contributed by atoms with Gasteiger partial charge in [0.05, 0.1) is 76.0 Å².